The minimum absolute atomic E-state index is 0.00248. The number of ether oxygens (including phenoxy) is 1. The topological polar surface area (TPSA) is 35.2 Å². The molecule has 1 heterocycles. The predicted octanol–water partition coefficient (Wildman–Crippen LogP) is 4.15. The van der Waals surface area contributed by atoms with Crippen LogP contribution in [0.15, 0.2) is 46.9 Å². The van der Waals surface area contributed by atoms with Gasteiger partial charge in [-0.1, -0.05) is 51.8 Å². The number of para-hydroxylation sites is 1. The Labute approximate surface area is 132 Å². The van der Waals surface area contributed by atoms with E-state index in [9.17, 15) is 0 Å². The summed E-state index contributed by atoms with van der Waals surface area (Å²) in [5, 5.41) is 0.752. The molecule has 2 N–H and O–H groups in total. The highest BCUT2D eigenvalue weighted by Crippen LogP contribution is 2.36. The van der Waals surface area contributed by atoms with Crippen molar-refractivity contribution >= 4 is 27.5 Å². The number of rotatable bonds is 3. The Morgan fingerprint density at radius 1 is 1.30 bits per heavy atom. The van der Waals surface area contributed by atoms with Crippen molar-refractivity contribution in [3.05, 3.63) is 63.1 Å². The molecule has 104 valence electrons. The Hall–Kier alpha value is -1.03. The van der Waals surface area contributed by atoms with Crippen molar-refractivity contribution in [3.63, 3.8) is 0 Å². The first kappa shape index (κ1) is 13.9. The van der Waals surface area contributed by atoms with E-state index in [1.807, 2.05) is 36.4 Å². The van der Waals surface area contributed by atoms with Crippen LogP contribution in [-0.4, -0.2) is 12.6 Å². The third-order valence-electron chi connectivity index (χ3n) is 3.72. The molecule has 0 aliphatic carbocycles. The zero-order valence-corrected chi connectivity index (χ0v) is 13.2. The lowest BCUT2D eigenvalue weighted by atomic mass is 9.90. The predicted molar refractivity (Wildman–Crippen MR) is 85.5 cm³/mol. The van der Waals surface area contributed by atoms with Gasteiger partial charge in [0.25, 0.3) is 0 Å². The summed E-state index contributed by atoms with van der Waals surface area (Å²) in [6.07, 6.45) is 0.745. The van der Waals surface area contributed by atoms with Crippen LogP contribution in [0.2, 0.25) is 5.02 Å². The number of halogens is 2. The molecule has 2 atom stereocenters. The van der Waals surface area contributed by atoms with E-state index in [1.165, 1.54) is 5.56 Å². The number of nitrogens with two attached hydrogens (primary N) is 1. The highest BCUT2D eigenvalue weighted by atomic mass is 79.9. The monoisotopic (exact) mass is 351 g/mol. The van der Waals surface area contributed by atoms with Gasteiger partial charge in [-0.15, -0.1) is 0 Å². The first-order chi connectivity index (χ1) is 9.65. The van der Waals surface area contributed by atoms with Gasteiger partial charge in [0.15, 0.2) is 0 Å². The number of hydrogen-bond acceptors (Lipinski definition) is 2. The standard InChI is InChI=1S/C16H15BrClNO/c17-11-6-5-10(14(18)8-11)7-15(19)13-9-20-16-4-2-1-3-12(13)16/h1-6,8,13,15H,7,9,19H2. The van der Waals surface area contributed by atoms with E-state index >= 15 is 0 Å². The molecule has 4 heteroatoms. The van der Waals surface area contributed by atoms with Crippen LogP contribution in [-0.2, 0) is 6.42 Å². The van der Waals surface area contributed by atoms with E-state index in [2.05, 4.69) is 22.0 Å². The summed E-state index contributed by atoms with van der Waals surface area (Å²) in [5.74, 6) is 1.18. The van der Waals surface area contributed by atoms with Gasteiger partial charge < -0.3 is 10.5 Å². The van der Waals surface area contributed by atoms with Crippen LogP contribution < -0.4 is 10.5 Å². The lowest BCUT2D eigenvalue weighted by molar-refractivity contribution is 0.313. The van der Waals surface area contributed by atoms with Crippen molar-refractivity contribution in [2.24, 2.45) is 5.73 Å². The third-order valence-corrected chi connectivity index (χ3v) is 4.57. The molecule has 0 fully saturated rings. The maximum Gasteiger partial charge on any atom is 0.122 e. The van der Waals surface area contributed by atoms with E-state index in [-0.39, 0.29) is 12.0 Å². The quantitative estimate of drug-likeness (QED) is 0.900. The minimum Gasteiger partial charge on any atom is -0.493 e. The van der Waals surface area contributed by atoms with Crippen LogP contribution in [0.4, 0.5) is 0 Å². The molecule has 0 aromatic heterocycles. The molecule has 0 amide bonds. The molecule has 1 aliphatic heterocycles. The van der Waals surface area contributed by atoms with Crippen molar-refractivity contribution in [3.8, 4) is 5.75 Å². The Bertz CT molecular complexity index is 632. The van der Waals surface area contributed by atoms with Gasteiger partial charge >= 0.3 is 0 Å². The van der Waals surface area contributed by atoms with Crippen LogP contribution in [0.25, 0.3) is 0 Å². The summed E-state index contributed by atoms with van der Waals surface area (Å²) >= 11 is 9.68. The molecule has 0 saturated heterocycles. The molecule has 0 bridgehead atoms. The molecule has 2 aromatic carbocycles. The summed E-state index contributed by atoms with van der Waals surface area (Å²) < 4.78 is 6.68. The van der Waals surface area contributed by atoms with E-state index in [4.69, 9.17) is 22.1 Å². The van der Waals surface area contributed by atoms with Crippen LogP contribution in [0, 0.1) is 0 Å². The van der Waals surface area contributed by atoms with Crippen molar-refractivity contribution in [1.82, 2.24) is 0 Å². The smallest absolute Gasteiger partial charge is 0.122 e. The molecule has 20 heavy (non-hydrogen) atoms. The van der Waals surface area contributed by atoms with E-state index < -0.39 is 0 Å². The third kappa shape index (κ3) is 2.71. The summed E-state index contributed by atoms with van der Waals surface area (Å²) in [6, 6.07) is 14.0. The Morgan fingerprint density at radius 3 is 2.90 bits per heavy atom. The molecule has 0 saturated carbocycles. The summed E-state index contributed by atoms with van der Waals surface area (Å²) in [4.78, 5) is 0. The summed E-state index contributed by atoms with van der Waals surface area (Å²) in [7, 11) is 0. The van der Waals surface area contributed by atoms with Gasteiger partial charge in [-0.25, -0.2) is 0 Å². The number of benzene rings is 2. The van der Waals surface area contributed by atoms with Gasteiger partial charge in [0.2, 0.25) is 0 Å². The lowest BCUT2D eigenvalue weighted by Gasteiger charge is -2.19. The normalized spacial score (nSPS) is 18.4. The average molecular weight is 353 g/mol. The highest BCUT2D eigenvalue weighted by molar-refractivity contribution is 9.10. The molecular formula is C16H15BrClNO. The molecule has 0 radical (unpaired) electrons. The van der Waals surface area contributed by atoms with Crippen molar-refractivity contribution in [2.45, 2.75) is 18.4 Å². The summed E-state index contributed by atoms with van der Waals surface area (Å²) in [6.45, 7) is 0.647. The first-order valence-electron chi connectivity index (χ1n) is 6.56. The SMILES string of the molecule is NC(Cc1ccc(Br)cc1Cl)C1COc2ccccc21. The number of hydrogen-bond donors (Lipinski definition) is 1. The molecule has 2 unspecified atom stereocenters. The van der Waals surface area contributed by atoms with Crippen molar-refractivity contribution in [1.29, 1.82) is 0 Å². The number of fused-ring (bicyclic) bond motifs is 1. The zero-order valence-electron chi connectivity index (χ0n) is 10.9. The van der Waals surface area contributed by atoms with Gasteiger partial charge in [-0.05, 0) is 30.2 Å². The molecule has 2 aromatic rings. The van der Waals surface area contributed by atoms with Gasteiger partial charge in [0, 0.05) is 27.0 Å². The molecule has 2 nitrogen and oxygen atoms in total. The Balaban J connectivity index is 1.79. The van der Waals surface area contributed by atoms with Gasteiger partial charge in [0.1, 0.15) is 5.75 Å². The average Bonchev–Trinajstić information content (AvgIpc) is 2.86. The van der Waals surface area contributed by atoms with E-state index in [1.54, 1.807) is 0 Å². The largest absolute Gasteiger partial charge is 0.493 e. The second-order valence-corrected chi connectivity index (χ2v) is 6.38. The lowest BCUT2D eigenvalue weighted by Crippen LogP contribution is -2.31. The molecule has 1 aliphatic rings. The van der Waals surface area contributed by atoms with Gasteiger partial charge in [0.05, 0.1) is 6.61 Å². The molecular weight excluding hydrogens is 338 g/mol. The maximum absolute atomic E-state index is 6.38. The fourth-order valence-corrected chi connectivity index (χ4v) is 3.38. The minimum atomic E-state index is -0.00248. The van der Waals surface area contributed by atoms with Crippen LogP contribution in [0.3, 0.4) is 0 Å². The Morgan fingerprint density at radius 2 is 2.10 bits per heavy atom. The van der Waals surface area contributed by atoms with Crippen LogP contribution in [0.1, 0.15) is 17.0 Å². The van der Waals surface area contributed by atoms with Crippen LogP contribution >= 0.6 is 27.5 Å². The van der Waals surface area contributed by atoms with Gasteiger partial charge in [-0.2, -0.15) is 0 Å². The van der Waals surface area contributed by atoms with Gasteiger partial charge in [-0.3, -0.25) is 0 Å². The van der Waals surface area contributed by atoms with E-state index in [0.29, 0.717) is 6.61 Å². The van der Waals surface area contributed by atoms with Crippen molar-refractivity contribution in [2.75, 3.05) is 6.61 Å². The molecule has 3 rings (SSSR count). The molecule has 0 spiro atoms. The highest BCUT2D eigenvalue weighted by Gasteiger charge is 2.29. The maximum atomic E-state index is 6.38. The van der Waals surface area contributed by atoms with Crippen LogP contribution in [0.5, 0.6) is 5.75 Å². The van der Waals surface area contributed by atoms with E-state index in [0.717, 1.165) is 27.2 Å². The Kier molecular flexibility index (Phi) is 4.01. The summed E-state index contributed by atoms with van der Waals surface area (Å²) in [5.41, 5.74) is 8.66. The second-order valence-electron chi connectivity index (χ2n) is 5.06. The first-order valence-corrected chi connectivity index (χ1v) is 7.73. The second kappa shape index (κ2) is 5.76. The zero-order chi connectivity index (χ0) is 14.1. The van der Waals surface area contributed by atoms with Crippen molar-refractivity contribution < 1.29 is 4.74 Å². The fourth-order valence-electron chi connectivity index (χ4n) is 2.63. The fraction of sp³-hybridized carbons (Fsp3) is 0.250.